The van der Waals surface area contributed by atoms with Crippen LogP contribution in [-0.2, 0) is 14.4 Å². The van der Waals surface area contributed by atoms with E-state index in [9.17, 15) is 28.8 Å². The molecule has 3 aromatic rings. The monoisotopic (exact) mass is 976 g/mol. The number of hydrogen-bond acceptors (Lipinski definition) is 9. The highest BCUT2D eigenvalue weighted by Crippen LogP contribution is 2.32. The predicted molar refractivity (Wildman–Crippen MR) is 246 cm³/mol. The van der Waals surface area contributed by atoms with Crippen molar-refractivity contribution in [3.63, 3.8) is 0 Å². The summed E-state index contributed by atoms with van der Waals surface area (Å²) in [5.41, 5.74) is 0.669. The smallest absolute Gasteiger partial charge is 0.278 e. The molecule has 0 bridgehead atoms. The number of halogens is 6. The normalized spacial score (nSPS) is 15.6. The lowest BCUT2D eigenvalue weighted by atomic mass is 9.96. The van der Waals surface area contributed by atoms with Gasteiger partial charge in [-0.3, -0.25) is 29.1 Å². The van der Waals surface area contributed by atoms with Crippen LogP contribution in [0.15, 0.2) is 54.6 Å². The minimum atomic E-state index is -0.481. The molecule has 21 heteroatoms. The van der Waals surface area contributed by atoms with Crippen LogP contribution in [0.2, 0.25) is 30.1 Å². The molecule has 3 saturated heterocycles. The van der Waals surface area contributed by atoms with Crippen LogP contribution >= 0.6 is 106 Å². The van der Waals surface area contributed by atoms with E-state index in [4.69, 9.17) is 106 Å². The summed E-state index contributed by atoms with van der Waals surface area (Å²) in [7, 11) is 0. The van der Waals surface area contributed by atoms with Crippen molar-refractivity contribution >= 4 is 174 Å². The second-order valence-corrected chi connectivity index (χ2v) is 18.3. The largest absolute Gasteiger partial charge is 0.336 e. The molecule has 3 aliphatic heterocycles. The van der Waals surface area contributed by atoms with Gasteiger partial charge in [0.15, 0.2) is 0 Å². The molecular weight excluding hydrogens is 945 g/mol. The maximum Gasteiger partial charge on any atom is 0.336 e. The van der Waals surface area contributed by atoms with E-state index in [1.54, 1.807) is 6.92 Å². The van der Waals surface area contributed by atoms with Crippen molar-refractivity contribution < 1.29 is 28.8 Å². The van der Waals surface area contributed by atoms with Crippen LogP contribution in [0.5, 0.6) is 0 Å². The highest BCUT2D eigenvalue weighted by molar-refractivity contribution is 7.80. The Morgan fingerprint density at radius 2 is 0.780 bits per heavy atom. The van der Waals surface area contributed by atoms with Crippen LogP contribution < -0.4 is 14.7 Å². The number of benzene rings is 3. The van der Waals surface area contributed by atoms with E-state index in [1.165, 1.54) is 69.3 Å². The zero-order chi connectivity index (χ0) is 44.4. The average molecular weight is 980 g/mol. The van der Waals surface area contributed by atoms with Crippen molar-refractivity contribution in [3.05, 3.63) is 84.7 Å². The molecule has 3 heterocycles. The Morgan fingerprint density at radius 1 is 0.508 bits per heavy atom. The van der Waals surface area contributed by atoms with Crippen molar-refractivity contribution in [2.45, 2.75) is 41.5 Å². The number of imide groups is 3. The number of rotatable bonds is 4. The summed E-state index contributed by atoms with van der Waals surface area (Å²) in [6.45, 7) is 10.8. The molecule has 0 atom stereocenters. The van der Waals surface area contributed by atoms with Crippen LogP contribution in [0, 0.1) is 11.3 Å². The van der Waals surface area contributed by atoms with Gasteiger partial charge in [-0.05, 0) is 61.5 Å². The van der Waals surface area contributed by atoms with Crippen molar-refractivity contribution in [1.29, 1.82) is 0 Å². The maximum atomic E-state index is 12.5. The summed E-state index contributed by atoms with van der Waals surface area (Å²) in [6, 6.07) is 12.3. The van der Waals surface area contributed by atoms with Gasteiger partial charge in [-0.2, -0.15) is 0 Å². The van der Waals surface area contributed by atoms with Gasteiger partial charge in [0, 0.05) is 41.5 Å². The van der Waals surface area contributed by atoms with E-state index in [1.807, 2.05) is 34.6 Å². The molecule has 0 spiro atoms. The van der Waals surface area contributed by atoms with Gasteiger partial charge in [-0.15, -0.1) is 0 Å². The lowest BCUT2D eigenvalue weighted by molar-refractivity contribution is -0.117. The molecule has 0 radical (unpaired) electrons. The van der Waals surface area contributed by atoms with Crippen molar-refractivity contribution in [3.8, 4) is 0 Å². The topological polar surface area (TPSA) is 122 Å². The summed E-state index contributed by atoms with van der Waals surface area (Å²) in [4.78, 5) is 81.1. The minimum Gasteiger partial charge on any atom is -0.278 e. The first-order valence-corrected chi connectivity index (χ1v) is 20.7. The molecule has 59 heavy (non-hydrogen) atoms. The molecule has 0 aliphatic carbocycles. The highest BCUT2D eigenvalue weighted by Gasteiger charge is 2.43. The van der Waals surface area contributed by atoms with Gasteiger partial charge in [-0.25, -0.2) is 29.1 Å². The molecule has 312 valence electrons. The molecule has 0 aromatic heterocycles. The molecule has 12 nitrogen and oxygen atoms in total. The molecule has 6 rings (SSSR count). The fraction of sp³-hybridized carbons (Fsp3) is 0.289. The van der Waals surface area contributed by atoms with Gasteiger partial charge in [0.25, 0.3) is 17.7 Å². The zero-order valence-electron chi connectivity index (χ0n) is 32.0. The van der Waals surface area contributed by atoms with E-state index in [2.05, 4.69) is 0 Å². The van der Waals surface area contributed by atoms with E-state index >= 15 is 0 Å². The van der Waals surface area contributed by atoms with Crippen LogP contribution in [-0.4, -0.2) is 85.1 Å². The van der Waals surface area contributed by atoms with E-state index in [0.717, 1.165) is 14.7 Å². The Bertz CT molecular complexity index is 2250. The second-order valence-electron chi connectivity index (χ2n) is 14.2. The number of carbonyl (C=O) groups is 6. The molecule has 3 fully saturated rings. The molecular formula is C38H34Cl6N6O6S3. The van der Waals surface area contributed by atoms with E-state index in [-0.39, 0.29) is 48.7 Å². The fourth-order valence-corrected chi connectivity index (χ4v) is 7.54. The Labute approximate surface area is 386 Å². The van der Waals surface area contributed by atoms with Crippen LogP contribution in [0.4, 0.5) is 31.4 Å². The van der Waals surface area contributed by atoms with E-state index < -0.39 is 18.1 Å². The van der Waals surface area contributed by atoms with Crippen molar-refractivity contribution in [1.82, 2.24) is 14.7 Å². The Hall–Kier alpha value is -3.51. The van der Waals surface area contributed by atoms with Crippen LogP contribution in [0.1, 0.15) is 41.5 Å². The summed E-state index contributed by atoms with van der Waals surface area (Å²) in [5.74, 6) is -1.06. The van der Waals surface area contributed by atoms with Crippen molar-refractivity contribution in [2.75, 3.05) is 34.3 Å². The van der Waals surface area contributed by atoms with Crippen LogP contribution in [0.3, 0.4) is 0 Å². The van der Waals surface area contributed by atoms with Gasteiger partial charge < -0.3 is 0 Å². The quantitative estimate of drug-likeness (QED) is 0.186. The number of urea groups is 3. The predicted octanol–water partition coefficient (Wildman–Crippen LogP) is 11.0. The number of anilines is 3. The number of carbonyl (C=O) groups excluding carboxylic acids is 6. The van der Waals surface area contributed by atoms with Crippen LogP contribution in [0.25, 0.3) is 0 Å². The zero-order valence-corrected chi connectivity index (χ0v) is 39.0. The summed E-state index contributed by atoms with van der Waals surface area (Å²) < 4.78 is 0. The molecule has 9 amide bonds. The SMILES string of the molecule is CC(=S)N1CC(=O)N(c2cc(Cl)cc(Cl)c2)C1=O.CC(C)(C)C(=S)N1CC(=O)N(c2cc(Cl)cc(Cl)c2)C1=O.CC(C)C(=S)N1CC(=O)N(c2cc(Cl)cc(Cl)c2)C1=O. The fourth-order valence-electron chi connectivity index (χ4n) is 5.56. The maximum absolute atomic E-state index is 12.5. The highest BCUT2D eigenvalue weighted by atomic mass is 35.5. The third-order valence-corrected chi connectivity index (χ3v) is 11.3. The molecule has 0 N–H and O–H groups in total. The summed E-state index contributed by atoms with van der Waals surface area (Å²) in [6.07, 6.45) is 0. The average Bonchev–Trinajstić information content (AvgIpc) is 3.69. The van der Waals surface area contributed by atoms with Gasteiger partial charge in [0.1, 0.15) is 19.6 Å². The first kappa shape index (κ1) is 48.2. The van der Waals surface area contributed by atoms with Gasteiger partial charge in [-0.1, -0.05) is 141 Å². The lowest BCUT2D eigenvalue weighted by Crippen LogP contribution is -2.41. The third-order valence-electron chi connectivity index (χ3n) is 8.24. The Kier molecular flexibility index (Phi) is 15.9. The second kappa shape index (κ2) is 19.5. The summed E-state index contributed by atoms with van der Waals surface area (Å²) in [5, 5.41) is 2.15. The lowest BCUT2D eigenvalue weighted by Gasteiger charge is -2.26. The standard InChI is InChI=1S/C14H14Cl2N2O2S.C13H12Cl2N2O2S.C11H8Cl2N2O2S/c1-14(2,3)12(21)17-7-11(19)18(13(17)20)10-5-8(15)4-9(16)6-10;1-7(2)12(20)16-6-11(18)17(13(16)19)10-4-8(14)3-9(15)5-10;1-6(18)14-5-10(16)15(11(14)17)9-3-7(12)2-8(13)4-9/h4-6H,7H2,1-3H3;3-5,7H,6H2,1-2H3;2-4H,5H2,1H3. The minimum absolute atomic E-state index is 0.00430. The molecule has 3 aliphatic rings. The first-order valence-electron chi connectivity index (χ1n) is 17.2. The summed E-state index contributed by atoms with van der Waals surface area (Å²) >= 11 is 50.8. The first-order chi connectivity index (χ1) is 27.3. The van der Waals surface area contributed by atoms with Gasteiger partial charge in [0.2, 0.25) is 0 Å². The number of hydrogen-bond donors (Lipinski definition) is 0. The number of thiocarbonyl (C=S) groups is 3. The third kappa shape index (κ3) is 11.5. The molecule has 3 aromatic carbocycles. The number of amides is 9. The Morgan fingerprint density at radius 3 is 1.05 bits per heavy atom. The van der Waals surface area contributed by atoms with Crippen molar-refractivity contribution in [2.24, 2.45) is 11.3 Å². The van der Waals surface area contributed by atoms with Gasteiger partial charge >= 0.3 is 18.1 Å². The molecule has 0 unspecified atom stereocenters. The van der Waals surface area contributed by atoms with Gasteiger partial charge in [0.05, 0.1) is 32.0 Å². The van der Waals surface area contributed by atoms with E-state index in [0.29, 0.717) is 62.2 Å². The number of nitrogens with zero attached hydrogens (tertiary/aromatic N) is 6. The Balaban J connectivity index is 0.000000196. The molecule has 0 saturated carbocycles.